The van der Waals surface area contributed by atoms with Crippen molar-refractivity contribution in [3.63, 3.8) is 0 Å². The fraction of sp³-hybridized carbons (Fsp3) is 0.750. The van der Waals surface area contributed by atoms with Gasteiger partial charge in [-0.2, -0.15) is 0 Å². The fourth-order valence-corrected chi connectivity index (χ4v) is 3.19. The Bertz CT molecular complexity index is 506. The maximum atomic E-state index is 11.9. The highest BCUT2D eigenvalue weighted by molar-refractivity contribution is 7.92. The van der Waals surface area contributed by atoms with Gasteiger partial charge in [-0.25, -0.2) is 8.42 Å². The van der Waals surface area contributed by atoms with Crippen LogP contribution in [0.25, 0.3) is 0 Å². The molecular formula is C12H19NO7S. The number of carbonyl (C=O) groups excluding carboxylic acids is 2. The number of amides is 1. The molecule has 1 heterocycles. The number of hydrogen-bond acceptors (Lipinski definition) is 6. The van der Waals surface area contributed by atoms with E-state index in [2.05, 4.69) is 4.74 Å². The van der Waals surface area contributed by atoms with Gasteiger partial charge in [-0.15, -0.1) is 0 Å². The molecule has 9 heteroatoms. The largest absolute Gasteiger partial charge is 0.481 e. The van der Waals surface area contributed by atoms with Crippen LogP contribution >= 0.6 is 0 Å². The molecule has 1 amide bonds. The zero-order valence-electron chi connectivity index (χ0n) is 11.8. The second-order valence-corrected chi connectivity index (χ2v) is 6.90. The molecule has 0 radical (unpaired) electrons. The van der Waals surface area contributed by atoms with Crippen LogP contribution in [-0.4, -0.2) is 67.5 Å². The number of sulfone groups is 1. The zero-order valence-corrected chi connectivity index (χ0v) is 12.6. The van der Waals surface area contributed by atoms with Gasteiger partial charge in [0.25, 0.3) is 0 Å². The maximum Gasteiger partial charge on any atom is 0.321 e. The summed E-state index contributed by atoms with van der Waals surface area (Å²) in [5, 5.41) is 8.85. The van der Waals surface area contributed by atoms with Gasteiger partial charge < -0.3 is 14.7 Å². The lowest BCUT2D eigenvalue weighted by atomic mass is 9.97. The lowest BCUT2D eigenvalue weighted by Gasteiger charge is -2.30. The number of rotatable bonds is 6. The number of ether oxygens (including phenoxy) is 1. The summed E-state index contributed by atoms with van der Waals surface area (Å²) in [5.41, 5.74) is 0. The van der Waals surface area contributed by atoms with E-state index in [4.69, 9.17) is 5.11 Å². The van der Waals surface area contributed by atoms with Crippen molar-refractivity contribution in [2.45, 2.75) is 19.8 Å². The van der Waals surface area contributed by atoms with Crippen molar-refractivity contribution in [2.75, 3.05) is 31.2 Å². The van der Waals surface area contributed by atoms with Crippen LogP contribution in [0.3, 0.4) is 0 Å². The average molecular weight is 321 g/mol. The summed E-state index contributed by atoms with van der Waals surface area (Å²) in [6.45, 7) is 2.06. The van der Waals surface area contributed by atoms with Gasteiger partial charge in [0.2, 0.25) is 5.91 Å². The molecule has 0 aromatic rings. The van der Waals surface area contributed by atoms with Gasteiger partial charge in [0.15, 0.2) is 9.84 Å². The monoisotopic (exact) mass is 321 g/mol. The molecule has 0 bridgehead atoms. The predicted molar refractivity (Wildman–Crippen MR) is 72.2 cm³/mol. The summed E-state index contributed by atoms with van der Waals surface area (Å²) in [5.74, 6) is -4.47. The van der Waals surface area contributed by atoms with Gasteiger partial charge >= 0.3 is 11.9 Å². The van der Waals surface area contributed by atoms with Crippen molar-refractivity contribution in [1.82, 2.24) is 4.90 Å². The molecule has 0 aromatic heterocycles. The van der Waals surface area contributed by atoms with Crippen molar-refractivity contribution in [3.05, 3.63) is 0 Å². The zero-order chi connectivity index (χ0) is 16.0. The minimum atomic E-state index is -3.86. The van der Waals surface area contributed by atoms with Crippen LogP contribution in [0.4, 0.5) is 0 Å². The van der Waals surface area contributed by atoms with E-state index in [9.17, 15) is 22.8 Å². The second-order valence-electron chi connectivity index (χ2n) is 4.83. The van der Waals surface area contributed by atoms with Gasteiger partial charge in [0.05, 0.1) is 12.5 Å². The third kappa shape index (κ3) is 5.70. The molecule has 0 unspecified atom stereocenters. The first-order chi connectivity index (χ1) is 9.75. The first kappa shape index (κ1) is 17.4. The first-order valence-corrected chi connectivity index (χ1v) is 8.44. The number of piperidine rings is 1. The number of aliphatic carboxylic acids is 1. The molecule has 1 N–H and O–H groups in total. The molecule has 1 rings (SSSR count). The first-order valence-electron chi connectivity index (χ1n) is 6.61. The van der Waals surface area contributed by atoms with Crippen LogP contribution < -0.4 is 0 Å². The summed E-state index contributed by atoms with van der Waals surface area (Å²) in [6, 6.07) is 0. The number of likely N-dealkylation sites (tertiary alicyclic amines) is 1. The van der Waals surface area contributed by atoms with Crippen LogP contribution in [0.1, 0.15) is 19.8 Å². The van der Waals surface area contributed by atoms with Crippen LogP contribution in [0.5, 0.6) is 0 Å². The highest BCUT2D eigenvalue weighted by Crippen LogP contribution is 2.17. The topological polar surface area (TPSA) is 118 Å². The Kier molecular flexibility index (Phi) is 6.13. The molecule has 1 aliphatic rings. The molecule has 120 valence electrons. The minimum Gasteiger partial charge on any atom is -0.481 e. The van der Waals surface area contributed by atoms with E-state index < -0.39 is 45.1 Å². The summed E-state index contributed by atoms with van der Waals surface area (Å²) in [6.07, 6.45) is 0.609. The fourth-order valence-electron chi connectivity index (χ4n) is 2.09. The lowest BCUT2D eigenvalue weighted by molar-refractivity contribution is -0.145. The minimum absolute atomic E-state index is 0.0744. The van der Waals surface area contributed by atoms with Crippen LogP contribution in [0.15, 0.2) is 0 Å². The molecule has 0 aliphatic carbocycles. The molecule has 0 atom stereocenters. The third-order valence-corrected chi connectivity index (χ3v) is 4.55. The Labute approximate surface area is 123 Å². The van der Waals surface area contributed by atoms with Crippen molar-refractivity contribution >= 4 is 27.7 Å². The molecule has 8 nitrogen and oxygen atoms in total. The lowest BCUT2D eigenvalue weighted by Crippen LogP contribution is -2.43. The van der Waals surface area contributed by atoms with Gasteiger partial charge in [-0.3, -0.25) is 14.4 Å². The quantitative estimate of drug-likeness (QED) is 0.642. The Morgan fingerprint density at radius 2 is 1.76 bits per heavy atom. The molecular weight excluding hydrogens is 302 g/mol. The van der Waals surface area contributed by atoms with E-state index in [-0.39, 0.29) is 19.7 Å². The Balaban J connectivity index is 2.50. The normalized spacial score (nSPS) is 16.5. The van der Waals surface area contributed by atoms with Crippen molar-refractivity contribution < 1.29 is 32.6 Å². The Morgan fingerprint density at radius 1 is 1.19 bits per heavy atom. The summed E-state index contributed by atoms with van der Waals surface area (Å²) < 4.78 is 27.9. The van der Waals surface area contributed by atoms with Gasteiger partial charge in [0, 0.05) is 13.1 Å². The van der Waals surface area contributed by atoms with E-state index in [0.29, 0.717) is 12.8 Å². The van der Waals surface area contributed by atoms with Gasteiger partial charge in [-0.1, -0.05) is 0 Å². The SMILES string of the molecule is CCOC(=O)CS(=O)(=O)CC(=O)N1CCC(C(=O)O)CC1. The van der Waals surface area contributed by atoms with E-state index in [0.717, 1.165) is 0 Å². The second kappa shape index (κ2) is 7.39. The number of nitrogens with zero attached hydrogens (tertiary/aromatic N) is 1. The highest BCUT2D eigenvalue weighted by Gasteiger charge is 2.30. The van der Waals surface area contributed by atoms with Gasteiger partial charge in [0.1, 0.15) is 11.5 Å². The van der Waals surface area contributed by atoms with Crippen LogP contribution in [0, 0.1) is 5.92 Å². The van der Waals surface area contributed by atoms with E-state index in [1.54, 1.807) is 6.92 Å². The molecule has 21 heavy (non-hydrogen) atoms. The maximum absolute atomic E-state index is 11.9. The molecule has 1 aliphatic heterocycles. The van der Waals surface area contributed by atoms with Crippen molar-refractivity contribution in [2.24, 2.45) is 5.92 Å². The Morgan fingerprint density at radius 3 is 2.24 bits per heavy atom. The van der Waals surface area contributed by atoms with Crippen LogP contribution in [-0.2, 0) is 29.0 Å². The van der Waals surface area contributed by atoms with Crippen molar-refractivity contribution in [3.8, 4) is 0 Å². The average Bonchev–Trinajstić information content (AvgIpc) is 2.37. The number of hydrogen-bond donors (Lipinski definition) is 1. The molecule has 0 spiro atoms. The number of carbonyl (C=O) groups is 3. The standard InChI is InChI=1S/C12H19NO7S/c1-2-20-11(15)8-21(18,19)7-10(14)13-5-3-9(4-6-13)12(16)17/h9H,2-8H2,1H3,(H,16,17). The Hall–Kier alpha value is -1.64. The van der Waals surface area contributed by atoms with E-state index >= 15 is 0 Å². The predicted octanol–water partition coefficient (Wildman–Crippen LogP) is -0.712. The molecule has 1 saturated heterocycles. The summed E-state index contributed by atoms with van der Waals surface area (Å²) in [4.78, 5) is 35.1. The van der Waals surface area contributed by atoms with Crippen LogP contribution in [0.2, 0.25) is 0 Å². The number of esters is 1. The van der Waals surface area contributed by atoms with E-state index in [1.807, 2.05) is 0 Å². The van der Waals surface area contributed by atoms with Gasteiger partial charge in [-0.05, 0) is 19.8 Å². The molecule has 0 saturated carbocycles. The third-order valence-electron chi connectivity index (χ3n) is 3.18. The smallest absolute Gasteiger partial charge is 0.321 e. The number of carboxylic acid groups (broad SMARTS) is 1. The summed E-state index contributed by atoms with van der Waals surface area (Å²) >= 11 is 0. The molecule has 1 fully saturated rings. The van der Waals surface area contributed by atoms with Crippen molar-refractivity contribution in [1.29, 1.82) is 0 Å². The van der Waals surface area contributed by atoms with E-state index in [1.165, 1.54) is 4.90 Å². The highest BCUT2D eigenvalue weighted by atomic mass is 32.2. The summed E-state index contributed by atoms with van der Waals surface area (Å²) in [7, 11) is -3.86. The number of carboxylic acids is 1. The molecule has 0 aromatic carbocycles.